The summed E-state index contributed by atoms with van der Waals surface area (Å²) in [6.45, 7) is 2.07. The molecule has 7 rings (SSSR count). The average Bonchev–Trinajstić information content (AvgIpc) is 3.39. The minimum atomic E-state index is -1.72. The molecule has 3 nitrogen and oxygen atoms in total. The molecule has 5 heteroatoms. The number of rotatable bonds is 4. The summed E-state index contributed by atoms with van der Waals surface area (Å²) < 4.78 is 7.60. The molecule has 0 aliphatic heterocycles. The van der Waals surface area contributed by atoms with Crippen LogP contribution in [0.2, 0.25) is 17.3 Å². The third-order valence-electron chi connectivity index (χ3n) is 7.32. The molecule has 43 heavy (non-hydrogen) atoms. The minimum Gasteiger partial charge on any atom is 0 e. The number of nitrogens with zero attached hydrogens (tertiary/aromatic N) is 2. The second-order valence-corrected chi connectivity index (χ2v) is 22.1. The molecule has 0 saturated carbocycles. The van der Waals surface area contributed by atoms with Crippen LogP contribution in [0.1, 0.15) is 5.56 Å². The molecule has 3 aromatic heterocycles. The average molecular weight is 798 g/mol. The SMILES string of the molecule is Cc1ccnc(-c2[c-]cc3c(c2)oc2cc(-c4ccccc4)ccc23)c1.[CH3][Ge]([CH3])([CH3])[c]1ccc(-c2[c-]cccc2)nc1.[Ir]. The van der Waals surface area contributed by atoms with Crippen molar-refractivity contribution in [2.45, 2.75) is 24.2 Å². The van der Waals surface area contributed by atoms with Gasteiger partial charge in [0.05, 0.1) is 5.58 Å². The topological polar surface area (TPSA) is 38.9 Å². The molecule has 0 spiro atoms. The summed E-state index contributed by atoms with van der Waals surface area (Å²) in [5.74, 6) is 7.14. The summed E-state index contributed by atoms with van der Waals surface area (Å²) >= 11 is -1.72. The minimum absolute atomic E-state index is 0. The summed E-state index contributed by atoms with van der Waals surface area (Å²) in [5, 5.41) is 2.19. The van der Waals surface area contributed by atoms with Crippen molar-refractivity contribution in [2.24, 2.45) is 0 Å². The zero-order valence-corrected chi connectivity index (χ0v) is 29.2. The number of fused-ring (bicyclic) bond motifs is 3. The van der Waals surface area contributed by atoms with Crippen molar-refractivity contribution < 1.29 is 24.5 Å². The zero-order chi connectivity index (χ0) is 29.1. The third-order valence-corrected chi connectivity index (χ3v) is 11.6. The largest absolute Gasteiger partial charge is 0 e. The molecule has 3 heterocycles. The van der Waals surface area contributed by atoms with Crippen LogP contribution in [0.3, 0.4) is 0 Å². The van der Waals surface area contributed by atoms with Gasteiger partial charge in [0.25, 0.3) is 0 Å². The number of hydrogen-bond donors (Lipinski definition) is 0. The fraction of sp³-hybridized carbons (Fsp3) is 0.105. The Hall–Kier alpha value is -3.83. The molecule has 0 bridgehead atoms. The Morgan fingerprint density at radius 1 is 0.651 bits per heavy atom. The summed E-state index contributed by atoms with van der Waals surface area (Å²) in [6.07, 6.45) is 3.86. The Morgan fingerprint density at radius 2 is 1.44 bits per heavy atom. The van der Waals surface area contributed by atoms with E-state index in [1.165, 1.54) is 15.5 Å². The molecule has 0 unspecified atom stereocenters. The van der Waals surface area contributed by atoms with Crippen molar-refractivity contribution in [1.82, 2.24) is 9.97 Å². The van der Waals surface area contributed by atoms with Crippen molar-refractivity contribution in [3.05, 3.63) is 139 Å². The molecule has 0 atom stereocenters. The van der Waals surface area contributed by atoms with E-state index in [0.717, 1.165) is 50.0 Å². The normalized spacial score (nSPS) is 11.1. The Bertz CT molecular complexity index is 1960. The van der Waals surface area contributed by atoms with Gasteiger partial charge >= 0.3 is 99.8 Å². The first-order chi connectivity index (χ1) is 20.3. The summed E-state index contributed by atoms with van der Waals surface area (Å²) in [6, 6.07) is 43.7. The van der Waals surface area contributed by atoms with Crippen molar-refractivity contribution in [3.8, 4) is 33.6 Å². The molecule has 0 amide bonds. The van der Waals surface area contributed by atoms with Crippen LogP contribution in [0.15, 0.2) is 126 Å². The predicted octanol–water partition coefficient (Wildman–Crippen LogP) is 9.52. The van der Waals surface area contributed by atoms with Gasteiger partial charge in [0, 0.05) is 26.3 Å². The van der Waals surface area contributed by atoms with Crippen LogP contribution in [0.25, 0.3) is 55.6 Å². The molecule has 1 radical (unpaired) electrons. The van der Waals surface area contributed by atoms with Crippen LogP contribution in [0.5, 0.6) is 0 Å². The van der Waals surface area contributed by atoms with E-state index >= 15 is 0 Å². The Kier molecular flexibility index (Phi) is 9.41. The molecule has 215 valence electrons. The number of furan rings is 1. The van der Waals surface area contributed by atoms with E-state index in [2.05, 4.69) is 94.8 Å². The molecule has 0 saturated heterocycles. The zero-order valence-electron chi connectivity index (χ0n) is 24.7. The first kappa shape index (κ1) is 30.6. The van der Waals surface area contributed by atoms with E-state index in [9.17, 15) is 0 Å². The summed E-state index contributed by atoms with van der Waals surface area (Å²) in [7, 11) is 0. The molecule has 0 N–H and O–H groups in total. The van der Waals surface area contributed by atoms with Gasteiger partial charge in [0.15, 0.2) is 0 Å². The second-order valence-electron chi connectivity index (χ2n) is 11.5. The van der Waals surface area contributed by atoms with Crippen LogP contribution < -0.4 is 4.40 Å². The number of aryl methyl sites for hydroxylation is 1. The van der Waals surface area contributed by atoms with Crippen LogP contribution >= 0.6 is 0 Å². The maximum atomic E-state index is 6.16. The summed E-state index contributed by atoms with van der Waals surface area (Å²) in [5.41, 5.74) is 9.21. The number of hydrogen-bond acceptors (Lipinski definition) is 3. The van der Waals surface area contributed by atoms with Gasteiger partial charge in [-0.2, -0.15) is 0 Å². The van der Waals surface area contributed by atoms with E-state index < -0.39 is 13.3 Å². The molecule has 0 aliphatic rings. The van der Waals surface area contributed by atoms with Gasteiger partial charge in [-0.25, -0.2) is 0 Å². The second kappa shape index (κ2) is 13.2. The van der Waals surface area contributed by atoms with E-state index in [4.69, 9.17) is 4.42 Å². The molecule has 0 aliphatic carbocycles. The van der Waals surface area contributed by atoms with Crippen LogP contribution in [-0.2, 0) is 20.1 Å². The van der Waals surface area contributed by atoms with Gasteiger partial charge in [-0.3, -0.25) is 0 Å². The van der Waals surface area contributed by atoms with Gasteiger partial charge in [-0.1, -0.05) is 65.5 Å². The standard InChI is InChI=1S/C24H16NO.C14H16GeN.Ir/c1-16-11-12-25-22(13-16)19-8-10-21-20-9-7-18(17-5-3-2-4-6-17)14-23(20)26-24(21)15-19;1-15(2,3)13-9-10-14(16-11-13)12-7-5-4-6-8-12;/h2-7,9-15H,1H3;4-7,9-11H,1-3H3;/q2*-1;. The Balaban J connectivity index is 0.000000188. The van der Waals surface area contributed by atoms with Gasteiger partial charge in [-0.05, 0) is 41.3 Å². The van der Waals surface area contributed by atoms with Crippen LogP contribution in [-0.4, -0.2) is 23.2 Å². The van der Waals surface area contributed by atoms with Crippen LogP contribution in [0.4, 0.5) is 0 Å². The van der Waals surface area contributed by atoms with E-state index in [-0.39, 0.29) is 20.1 Å². The van der Waals surface area contributed by atoms with Crippen molar-refractivity contribution in [3.63, 3.8) is 0 Å². The molecule has 4 aromatic carbocycles. The quantitative estimate of drug-likeness (QED) is 0.132. The molecular formula is C38H32GeIrN2O-2. The van der Waals surface area contributed by atoms with Gasteiger partial charge < -0.3 is 9.40 Å². The molecule has 7 aromatic rings. The van der Waals surface area contributed by atoms with Gasteiger partial charge in [0.1, 0.15) is 5.58 Å². The van der Waals surface area contributed by atoms with Gasteiger partial charge in [0.2, 0.25) is 0 Å². The van der Waals surface area contributed by atoms with Crippen molar-refractivity contribution >= 4 is 39.6 Å². The molecule has 0 fully saturated rings. The maximum Gasteiger partial charge on any atom is 0 e. The van der Waals surface area contributed by atoms with Crippen LogP contribution in [0, 0.1) is 19.1 Å². The first-order valence-electron chi connectivity index (χ1n) is 14.2. The first-order valence-corrected chi connectivity index (χ1v) is 21.5. The maximum absolute atomic E-state index is 6.16. The fourth-order valence-electron chi connectivity index (χ4n) is 4.91. The van der Waals surface area contributed by atoms with Crippen molar-refractivity contribution in [1.29, 1.82) is 0 Å². The van der Waals surface area contributed by atoms with E-state index in [1.54, 1.807) is 0 Å². The predicted molar refractivity (Wildman–Crippen MR) is 177 cm³/mol. The Labute approximate surface area is 269 Å². The number of benzene rings is 4. The van der Waals surface area contributed by atoms with Crippen molar-refractivity contribution in [2.75, 3.05) is 0 Å². The van der Waals surface area contributed by atoms with E-state index in [1.807, 2.05) is 73.1 Å². The van der Waals surface area contributed by atoms with E-state index in [0.29, 0.717) is 0 Å². The smallest absolute Gasteiger partial charge is 0 e. The van der Waals surface area contributed by atoms with Gasteiger partial charge in [-0.15, -0.1) is 17.7 Å². The third kappa shape index (κ3) is 7.05. The summed E-state index contributed by atoms with van der Waals surface area (Å²) in [4.78, 5) is 8.98. The fourth-order valence-corrected chi connectivity index (χ4v) is 7.08. The molecular weight excluding hydrogens is 765 g/mol. The number of pyridine rings is 2. The number of aromatic nitrogens is 2. The monoisotopic (exact) mass is 799 g/mol. The Morgan fingerprint density at radius 3 is 2.14 bits per heavy atom.